The van der Waals surface area contributed by atoms with Crippen LogP contribution in [0.4, 0.5) is 0 Å². The third-order valence-corrected chi connectivity index (χ3v) is 0.987. The van der Waals surface area contributed by atoms with Crippen molar-refractivity contribution in [2.75, 3.05) is 6.61 Å². The predicted molar refractivity (Wildman–Crippen MR) is 42.0 cm³/mol. The molecule has 0 aromatic carbocycles. The minimum atomic E-state index is -1.36. The van der Waals surface area contributed by atoms with Crippen molar-refractivity contribution in [2.24, 2.45) is 5.16 Å². The molecule has 0 aliphatic heterocycles. The minimum absolute atomic E-state index is 0.310. The van der Waals surface area contributed by atoms with Gasteiger partial charge < -0.3 is 9.94 Å². The molecule has 0 saturated carbocycles. The first-order valence-corrected chi connectivity index (χ1v) is 3.53. The summed E-state index contributed by atoms with van der Waals surface area (Å²) in [6, 6.07) is 0. The van der Waals surface area contributed by atoms with Crippen LogP contribution >= 0.6 is 0 Å². The number of ketones is 1. The van der Waals surface area contributed by atoms with Crippen molar-refractivity contribution in [3.8, 4) is 0 Å². The number of nitrogens with zero attached hydrogens (tertiary/aromatic N) is 1. The Bertz CT molecular complexity index is 193. The Morgan fingerprint density at radius 3 is 2.42 bits per heavy atom. The number of carboxylic acids is 1. The van der Waals surface area contributed by atoms with Crippen LogP contribution in [0.15, 0.2) is 5.16 Å². The van der Waals surface area contributed by atoms with Gasteiger partial charge in [0, 0.05) is 6.92 Å². The Kier molecular flexibility index (Phi) is 4.67. The number of hydrogen-bond acceptors (Lipinski definition) is 4. The standard InChI is InChI=1S/C7H11NO4/c1-3-4-12-8-6(5(2)9)7(10)11/h3-4H2,1-2H3,(H,10,11). The molecule has 68 valence electrons. The summed E-state index contributed by atoms with van der Waals surface area (Å²) in [6.07, 6.45) is 0.717. The number of rotatable bonds is 5. The van der Waals surface area contributed by atoms with E-state index in [0.29, 0.717) is 13.0 Å². The van der Waals surface area contributed by atoms with E-state index in [0.717, 1.165) is 6.92 Å². The van der Waals surface area contributed by atoms with E-state index in [4.69, 9.17) is 5.11 Å². The third kappa shape index (κ3) is 3.70. The van der Waals surface area contributed by atoms with Gasteiger partial charge in [0.15, 0.2) is 5.78 Å². The number of oxime groups is 1. The van der Waals surface area contributed by atoms with Crippen molar-refractivity contribution in [3.05, 3.63) is 0 Å². The zero-order chi connectivity index (χ0) is 9.56. The summed E-state index contributed by atoms with van der Waals surface area (Å²) < 4.78 is 0. The molecule has 0 aliphatic rings. The number of aliphatic carboxylic acids is 1. The number of carboxylic acid groups (broad SMARTS) is 1. The highest BCUT2D eigenvalue weighted by Gasteiger charge is 2.15. The fraction of sp³-hybridized carbons (Fsp3) is 0.571. The average molecular weight is 173 g/mol. The largest absolute Gasteiger partial charge is 0.476 e. The Balaban J connectivity index is 4.20. The second-order valence-corrected chi connectivity index (χ2v) is 2.13. The quantitative estimate of drug-likeness (QED) is 0.283. The molecule has 0 aliphatic carbocycles. The fourth-order valence-electron chi connectivity index (χ4n) is 0.455. The number of carbonyl (C=O) groups excluding carboxylic acids is 1. The average Bonchev–Trinajstić information content (AvgIpc) is 1.96. The van der Waals surface area contributed by atoms with E-state index in [1.807, 2.05) is 6.92 Å². The second-order valence-electron chi connectivity index (χ2n) is 2.13. The van der Waals surface area contributed by atoms with Crippen LogP contribution in [0.5, 0.6) is 0 Å². The van der Waals surface area contributed by atoms with Gasteiger partial charge in [0.2, 0.25) is 5.71 Å². The van der Waals surface area contributed by atoms with E-state index in [1.165, 1.54) is 0 Å². The van der Waals surface area contributed by atoms with E-state index < -0.39 is 17.5 Å². The maximum atomic E-state index is 10.6. The van der Waals surface area contributed by atoms with Crippen molar-refractivity contribution >= 4 is 17.5 Å². The van der Waals surface area contributed by atoms with Gasteiger partial charge in [-0.3, -0.25) is 4.79 Å². The molecule has 0 heterocycles. The number of Topliss-reactive ketones (excluding diaryl/α,β-unsaturated/α-hetero) is 1. The van der Waals surface area contributed by atoms with E-state index in [-0.39, 0.29) is 0 Å². The topological polar surface area (TPSA) is 76.0 Å². The molecule has 0 rings (SSSR count). The summed E-state index contributed by atoms with van der Waals surface area (Å²) in [5.74, 6) is -1.97. The van der Waals surface area contributed by atoms with Crippen molar-refractivity contribution in [2.45, 2.75) is 20.3 Å². The highest BCUT2D eigenvalue weighted by atomic mass is 16.6. The molecule has 0 spiro atoms. The minimum Gasteiger partial charge on any atom is -0.476 e. The smallest absolute Gasteiger partial charge is 0.361 e. The van der Waals surface area contributed by atoms with Gasteiger partial charge in [-0.1, -0.05) is 12.1 Å². The Labute approximate surface area is 70.0 Å². The molecule has 5 heteroatoms. The van der Waals surface area contributed by atoms with Crippen LogP contribution in [0.2, 0.25) is 0 Å². The van der Waals surface area contributed by atoms with Gasteiger partial charge in [-0.2, -0.15) is 0 Å². The predicted octanol–water partition coefficient (Wildman–Crippen LogP) is 0.443. The van der Waals surface area contributed by atoms with Crippen molar-refractivity contribution in [3.63, 3.8) is 0 Å². The van der Waals surface area contributed by atoms with Gasteiger partial charge in [0.25, 0.3) is 0 Å². The van der Waals surface area contributed by atoms with Crippen LogP contribution in [-0.2, 0) is 14.4 Å². The number of hydrogen-bond donors (Lipinski definition) is 1. The molecule has 0 aromatic rings. The van der Waals surface area contributed by atoms with E-state index in [9.17, 15) is 9.59 Å². The summed E-state index contributed by atoms with van der Waals surface area (Å²) in [7, 11) is 0. The van der Waals surface area contributed by atoms with Crippen molar-refractivity contribution < 1.29 is 19.5 Å². The fourth-order valence-corrected chi connectivity index (χ4v) is 0.455. The molecule has 0 atom stereocenters. The zero-order valence-electron chi connectivity index (χ0n) is 7.03. The lowest BCUT2D eigenvalue weighted by atomic mass is 10.3. The van der Waals surface area contributed by atoms with E-state index in [1.54, 1.807) is 0 Å². The molecule has 0 bridgehead atoms. The van der Waals surface area contributed by atoms with E-state index >= 15 is 0 Å². The van der Waals surface area contributed by atoms with Crippen molar-refractivity contribution in [1.82, 2.24) is 0 Å². The lowest BCUT2D eigenvalue weighted by Crippen LogP contribution is -2.21. The van der Waals surface area contributed by atoms with Crippen LogP contribution in [0, 0.1) is 0 Å². The molecule has 0 unspecified atom stereocenters. The Hall–Kier alpha value is -1.39. The molecule has 5 nitrogen and oxygen atoms in total. The van der Waals surface area contributed by atoms with Gasteiger partial charge in [0.05, 0.1) is 0 Å². The SMILES string of the molecule is CCCON=C(C(C)=O)C(=O)O. The molecular weight excluding hydrogens is 162 g/mol. The van der Waals surface area contributed by atoms with Gasteiger partial charge in [-0.05, 0) is 6.42 Å². The molecular formula is C7H11NO4. The van der Waals surface area contributed by atoms with Crippen LogP contribution in [0.3, 0.4) is 0 Å². The second kappa shape index (κ2) is 5.29. The Morgan fingerprint density at radius 1 is 1.50 bits per heavy atom. The molecule has 0 amide bonds. The normalized spacial score (nSPS) is 11.0. The van der Waals surface area contributed by atoms with Gasteiger partial charge >= 0.3 is 5.97 Å². The van der Waals surface area contributed by atoms with Gasteiger partial charge in [-0.25, -0.2) is 4.79 Å². The monoisotopic (exact) mass is 173 g/mol. The summed E-state index contributed by atoms with van der Waals surface area (Å²) in [4.78, 5) is 25.4. The first-order chi connectivity index (χ1) is 5.59. The zero-order valence-corrected chi connectivity index (χ0v) is 7.03. The van der Waals surface area contributed by atoms with Crippen LogP contribution < -0.4 is 0 Å². The van der Waals surface area contributed by atoms with Gasteiger partial charge in [0.1, 0.15) is 6.61 Å². The molecule has 1 N–H and O–H groups in total. The highest BCUT2D eigenvalue weighted by Crippen LogP contribution is 1.87. The van der Waals surface area contributed by atoms with Crippen LogP contribution in [-0.4, -0.2) is 29.2 Å². The summed E-state index contributed by atoms with van der Waals surface area (Å²) in [6.45, 7) is 3.29. The summed E-state index contributed by atoms with van der Waals surface area (Å²) in [5, 5.41) is 11.6. The molecule has 0 aromatic heterocycles. The van der Waals surface area contributed by atoms with E-state index in [2.05, 4.69) is 9.99 Å². The van der Waals surface area contributed by atoms with Crippen molar-refractivity contribution in [1.29, 1.82) is 0 Å². The third-order valence-electron chi connectivity index (χ3n) is 0.987. The van der Waals surface area contributed by atoms with Crippen LogP contribution in [0.25, 0.3) is 0 Å². The molecule has 0 fully saturated rings. The summed E-state index contributed by atoms with van der Waals surface area (Å²) in [5.41, 5.74) is -0.566. The highest BCUT2D eigenvalue weighted by molar-refractivity contribution is 6.63. The van der Waals surface area contributed by atoms with Gasteiger partial charge in [-0.15, -0.1) is 0 Å². The Morgan fingerprint density at radius 2 is 2.08 bits per heavy atom. The first-order valence-electron chi connectivity index (χ1n) is 3.53. The lowest BCUT2D eigenvalue weighted by Gasteiger charge is -1.96. The molecule has 0 radical (unpaired) electrons. The first kappa shape index (κ1) is 10.6. The number of carbonyl (C=O) groups is 2. The molecule has 0 saturated heterocycles. The summed E-state index contributed by atoms with van der Waals surface area (Å²) >= 11 is 0. The lowest BCUT2D eigenvalue weighted by molar-refractivity contribution is -0.130. The maximum Gasteiger partial charge on any atom is 0.361 e. The maximum absolute atomic E-state index is 10.6. The molecule has 12 heavy (non-hydrogen) atoms. The van der Waals surface area contributed by atoms with Crippen LogP contribution in [0.1, 0.15) is 20.3 Å².